The maximum Gasteiger partial charge on any atom is 0.161 e. The van der Waals surface area contributed by atoms with Gasteiger partial charge in [-0.2, -0.15) is 0 Å². The molecule has 1 aromatic rings. The summed E-state index contributed by atoms with van der Waals surface area (Å²) in [6, 6.07) is 3.92. The number of aliphatic imine (C=N–C) groups is 1. The van der Waals surface area contributed by atoms with E-state index in [2.05, 4.69) is 34.8 Å². The van der Waals surface area contributed by atoms with Crippen molar-refractivity contribution in [3.05, 3.63) is 22.2 Å². The van der Waals surface area contributed by atoms with E-state index in [9.17, 15) is 0 Å². The molecule has 1 rings (SSSR count). The zero-order chi connectivity index (χ0) is 13.5. The third-order valence-electron chi connectivity index (χ3n) is 2.47. The molecule has 1 aromatic carbocycles. The molecular weight excluding hydrogens is 294 g/mol. The lowest BCUT2D eigenvalue weighted by Crippen LogP contribution is -1.97. The van der Waals surface area contributed by atoms with E-state index in [4.69, 9.17) is 9.47 Å². The summed E-state index contributed by atoms with van der Waals surface area (Å²) >= 11 is 3.54. The van der Waals surface area contributed by atoms with Gasteiger partial charge in [0.1, 0.15) is 0 Å². The van der Waals surface area contributed by atoms with Crippen molar-refractivity contribution in [1.82, 2.24) is 0 Å². The SMILES string of the molecule is COc1cc(Br)c(CCN=CC(C)C)cc1OC. The van der Waals surface area contributed by atoms with E-state index in [1.165, 1.54) is 5.56 Å². The van der Waals surface area contributed by atoms with Crippen LogP contribution in [-0.2, 0) is 6.42 Å². The van der Waals surface area contributed by atoms with Crippen LogP contribution in [0.3, 0.4) is 0 Å². The quantitative estimate of drug-likeness (QED) is 0.749. The first-order valence-corrected chi connectivity index (χ1v) is 6.78. The molecule has 18 heavy (non-hydrogen) atoms. The van der Waals surface area contributed by atoms with Crippen LogP contribution in [0.2, 0.25) is 0 Å². The van der Waals surface area contributed by atoms with Crippen LogP contribution in [0.4, 0.5) is 0 Å². The van der Waals surface area contributed by atoms with E-state index in [-0.39, 0.29) is 0 Å². The lowest BCUT2D eigenvalue weighted by Gasteiger charge is -2.11. The number of hydrogen-bond acceptors (Lipinski definition) is 3. The molecule has 0 aliphatic heterocycles. The fraction of sp³-hybridized carbons (Fsp3) is 0.500. The Kier molecular flexibility index (Phi) is 6.19. The average Bonchev–Trinajstić information content (AvgIpc) is 2.35. The summed E-state index contributed by atoms with van der Waals surface area (Å²) in [7, 11) is 3.28. The summed E-state index contributed by atoms with van der Waals surface area (Å²) in [6.45, 7) is 5.03. The van der Waals surface area contributed by atoms with Crippen molar-refractivity contribution in [1.29, 1.82) is 0 Å². The highest BCUT2D eigenvalue weighted by Gasteiger charge is 2.08. The van der Waals surface area contributed by atoms with Gasteiger partial charge < -0.3 is 9.47 Å². The first-order chi connectivity index (χ1) is 8.58. The summed E-state index contributed by atoms with van der Waals surface area (Å²) in [5, 5.41) is 0. The number of methoxy groups -OCH3 is 2. The van der Waals surface area contributed by atoms with E-state index in [1.54, 1.807) is 14.2 Å². The van der Waals surface area contributed by atoms with E-state index in [0.717, 1.165) is 28.9 Å². The maximum atomic E-state index is 5.29. The van der Waals surface area contributed by atoms with Gasteiger partial charge in [-0.1, -0.05) is 29.8 Å². The van der Waals surface area contributed by atoms with Crippen LogP contribution >= 0.6 is 15.9 Å². The normalized spacial score (nSPS) is 11.2. The largest absolute Gasteiger partial charge is 0.493 e. The van der Waals surface area contributed by atoms with Crippen LogP contribution in [-0.4, -0.2) is 27.0 Å². The number of rotatable bonds is 6. The highest BCUT2D eigenvalue weighted by Crippen LogP contribution is 2.33. The number of halogens is 1. The van der Waals surface area contributed by atoms with E-state index in [0.29, 0.717) is 5.92 Å². The van der Waals surface area contributed by atoms with Gasteiger partial charge in [-0.3, -0.25) is 4.99 Å². The monoisotopic (exact) mass is 313 g/mol. The van der Waals surface area contributed by atoms with Crippen molar-refractivity contribution in [2.45, 2.75) is 20.3 Å². The van der Waals surface area contributed by atoms with Crippen molar-refractivity contribution in [2.75, 3.05) is 20.8 Å². The van der Waals surface area contributed by atoms with Crippen molar-refractivity contribution in [3.8, 4) is 11.5 Å². The highest BCUT2D eigenvalue weighted by atomic mass is 79.9. The molecule has 0 spiro atoms. The fourth-order valence-corrected chi connectivity index (χ4v) is 2.08. The summed E-state index contributed by atoms with van der Waals surface area (Å²) < 4.78 is 11.6. The van der Waals surface area contributed by atoms with Crippen LogP contribution in [0, 0.1) is 5.92 Å². The Bertz CT molecular complexity index is 417. The molecule has 0 fully saturated rings. The molecule has 0 saturated heterocycles. The molecule has 0 atom stereocenters. The summed E-state index contributed by atoms with van der Waals surface area (Å²) in [4.78, 5) is 4.39. The number of ether oxygens (including phenoxy) is 2. The standard InChI is InChI=1S/C14H20BrNO2/c1-10(2)9-16-6-5-11-7-13(17-3)14(18-4)8-12(11)15/h7-10H,5-6H2,1-4H3. The molecule has 0 saturated carbocycles. The molecule has 100 valence electrons. The predicted molar refractivity (Wildman–Crippen MR) is 79.1 cm³/mol. The predicted octanol–water partition coefficient (Wildman–Crippen LogP) is 3.74. The molecular formula is C14H20BrNO2. The highest BCUT2D eigenvalue weighted by molar-refractivity contribution is 9.10. The lowest BCUT2D eigenvalue weighted by atomic mass is 10.1. The third-order valence-corrected chi connectivity index (χ3v) is 3.20. The van der Waals surface area contributed by atoms with Gasteiger partial charge >= 0.3 is 0 Å². The second-order valence-electron chi connectivity index (χ2n) is 4.35. The molecule has 0 radical (unpaired) electrons. The fourth-order valence-electron chi connectivity index (χ4n) is 1.56. The Labute approximate surface area is 117 Å². The Hall–Kier alpha value is -1.03. The van der Waals surface area contributed by atoms with Crippen molar-refractivity contribution < 1.29 is 9.47 Å². The summed E-state index contributed by atoms with van der Waals surface area (Å²) in [5.74, 6) is 1.99. The van der Waals surface area contributed by atoms with Gasteiger partial charge in [0.15, 0.2) is 11.5 Å². The first-order valence-electron chi connectivity index (χ1n) is 5.98. The molecule has 0 aromatic heterocycles. The van der Waals surface area contributed by atoms with Crippen LogP contribution in [0.5, 0.6) is 11.5 Å². The van der Waals surface area contributed by atoms with Gasteiger partial charge in [0.2, 0.25) is 0 Å². The Morgan fingerprint density at radius 3 is 2.39 bits per heavy atom. The van der Waals surface area contributed by atoms with Gasteiger partial charge in [-0.25, -0.2) is 0 Å². The Morgan fingerprint density at radius 1 is 1.22 bits per heavy atom. The van der Waals surface area contributed by atoms with E-state index in [1.807, 2.05) is 18.3 Å². The van der Waals surface area contributed by atoms with Crippen LogP contribution in [0.15, 0.2) is 21.6 Å². The number of benzene rings is 1. The molecule has 0 aliphatic rings. The van der Waals surface area contributed by atoms with Gasteiger partial charge in [0, 0.05) is 17.2 Å². The molecule has 0 amide bonds. The van der Waals surface area contributed by atoms with Crippen molar-refractivity contribution in [2.24, 2.45) is 10.9 Å². The number of hydrogen-bond donors (Lipinski definition) is 0. The molecule has 3 nitrogen and oxygen atoms in total. The first kappa shape index (κ1) is 15.0. The molecule has 0 unspecified atom stereocenters. The zero-order valence-corrected chi connectivity index (χ0v) is 13.0. The lowest BCUT2D eigenvalue weighted by molar-refractivity contribution is 0.354. The Morgan fingerprint density at radius 2 is 1.83 bits per heavy atom. The zero-order valence-electron chi connectivity index (χ0n) is 11.4. The van der Waals surface area contributed by atoms with Gasteiger partial charge in [0.25, 0.3) is 0 Å². The topological polar surface area (TPSA) is 30.8 Å². The smallest absolute Gasteiger partial charge is 0.161 e. The van der Waals surface area contributed by atoms with E-state index < -0.39 is 0 Å². The minimum absolute atomic E-state index is 0.499. The van der Waals surface area contributed by atoms with Gasteiger partial charge in [0.05, 0.1) is 14.2 Å². The molecule has 0 bridgehead atoms. The van der Waals surface area contributed by atoms with Crippen molar-refractivity contribution >= 4 is 22.1 Å². The number of nitrogens with zero attached hydrogens (tertiary/aromatic N) is 1. The minimum Gasteiger partial charge on any atom is -0.493 e. The average molecular weight is 314 g/mol. The van der Waals surface area contributed by atoms with Crippen LogP contribution < -0.4 is 9.47 Å². The summed E-state index contributed by atoms with van der Waals surface area (Å²) in [5.41, 5.74) is 1.17. The third kappa shape index (κ3) is 4.33. The van der Waals surface area contributed by atoms with E-state index >= 15 is 0 Å². The second-order valence-corrected chi connectivity index (χ2v) is 5.20. The summed E-state index contributed by atoms with van der Waals surface area (Å²) in [6.07, 6.45) is 2.86. The van der Waals surface area contributed by atoms with Gasteiger partial charge in [-0.05, 0) is 30.0 Å². The molecule has 0 aliphatic carbocycles. The minimum atomic E-state index is 0.499. The van der Waals surface area contributed by atoms with Gasteiger partial charge in [-0.15, -0.1) is 0 Å². The Balaban J connectivity index is 2.77. The van der Waals surface area contributed by atoms with Crippen molar-refractivity contribution in [3.63, 3.8) is 0 Å². The van der Waals surface area contributed by atoms with Crippen LogP contribution in [0.1, 0.15) is 19.4 Å². The molecule has 0 heterocycles. The molecule has 4 heteroatoms. The molecule has 0 N–H and O–H groups in total. The second kappa shape index (κ2) is 7.41. The van der Waals surface area contributed by atoms with Crippen LogP contribution in [0.25, 0.3) is 0 Å². The maximum absolute atomic E-state index is 5.29.